The smallest absolute Gasteiger partial charge is 0.269 e. The van der Waals surface area contributed by atoms with Crippen molar-refractivity contribution < 1.29 is 13.2 Å². The van der Waals surface area contributed by atoms with Gasteiger partial charge < -0.3 is 11.1 Å². The number of aromatic amines is 1. The molecule has 0 atom stereocenters. The minimum atomic E-state index is -3.31. The van der Waals surface area contributed by atoms with Crippen LogP contribution in [0.5, 0.6) is 0 Å². The molecule has 0 saturated heterocycles. The highest BCUT2D eigenvalue weighted by Gasteiger charge is 2.10. The summed E-state index contributed by atoms with van der Waals surface area (Å²) in [7, 11) is -2.00. The molecule has 90 valence electrons. The van der Waals surface area contributed by atoms with Crippen LogP contribution in [-0.4, -0.2) is 43.9 Å². The molecule has 0 radical (unpaired) electrons. The van der Waals surface area contributed by atoms with Crippen molar-refractivity contribution in [3.05, 3.63) is 11.8 Å². The number of carbonyl (C=O) groups excluding carboxylic acids is 1. The van der Waals surface area contributed by atoms with Crippen molar-refractivity contribution in [1.29, 1.82) is 0 Å². The molecule has 16 heavy (non-hydrogen) atoms. The highest BCUT2D eigenvalue weighted by Crippen LogP contribution is 1.99. The number of carbonyl (C=O) groups is 1. The van der Waals surface area contributed by atoms with Gasteiger partial charge in [0.1, 0.15) is 11.5 Å². The van der Waals surface area contributed by atoms with Crippen LogP contribution in [0.25, 0.3) is 0 Å². The quantitative estimate of drug-likeness (QED) is 0.491. The van der Waals surface area contributed by atoms with Crippen LogP contribution in [0.15, 0.2) is 6.07 Å². The molecule has 1 aromatic heterocycles. The lowest BCUT2D eigenvalue weighted by Gasteiger charge is -2.03. The molecule has 0 aromatic carbocycles. The van der Waals surface area contributed by atoms with Crippen LogP contribution in [-0.2, 0) is 10.0 Å². The third-order valence-electron chi connectivity index (χ3n) is 1.81. The average Bonchev–Trinajstić information content (AvgIpc) is 2.64. The standard InChI is InChI=1S/C7H13N5O3S/c1-9-16(14,15)3-2-10-7(13)5-4-6(8)12-11-5/h4,9H,2-3H2,1H3,(H,10,13)(H3,8,11,12). The van der Waals surface area contributed by atoms with Gasteiger partial charge in [0.25, 0.3) is 5.91 Å². The third-order valence-corrected chi connectivity index (χ3v) is 3.17. The Hall–Kier alpha value is -1.61. The summed E-state index contributed by atoms with van der Waals surface area (Å²) in [6.07, 6.45) is 0. The molecular weight excluding hydrogens is 234 g/mol. The first-order valence-electron chi connectivity index (χ1n) is 4.45. The summed E-state index contributed by atoms with van der Waals surface area (Å²) in [6.45, 7) is 0.0148. The fourth-order valence-corrected chi connectivity index (χ4v) is 1.52. The van der Waals surface area contributed by atoms with E-state index >= 15 is 0 Å². The van der Waals surface area contributed by atoms with Gasteiger partial charge in [-0.2, -0.15) is 5.10 Å². The first-order chi connectivity index (χ1) is 7.44. The summed E-state index contributed by atoms with van der Waals surface area (Å²) in [4.78, 5) is 11.4. The molecular formula is C7H13N5O3S. The molecule has 0 aliphatic heterocycles. The number of amides is 1. The van der Waals surface area contributed by atoms with Gasteiger partial charge >= 0.3 is 0 Å². The molecule has 1 heterocycles. The lowest BCUT2D eigenvalue weighted by atomic mass is 10.4. The SMILES string of the molecule is CNS(=O)(=O)CCNC(=O)c1cc(N)n[nH]1. The minimum Gasteiger partial charge on any atom is -0.382 e. The summed E-state index contributed by atoms with van der Waals surface area (Å²) >= 11 is 0. The van der Waals surface area contributed by atoms with Crippen molar-refractivity contribution in [2.75, 3.05) is 25.1 Å². The van der Waals surface area contributed by atoms with Crippen molar-refractivity contribution in [2.24, 2.45) is 0 Å². The van der Waals surface area contributed by atoms with Crippen LogP contribution >= 0.6 is 0 Å². The molecule has 1 aromatic rings. The van der Waals surface area contributed by atoms with E-state index in [4.69, 9.17) is 5.73 Å². The van der Waals surface area contributed by atoms with Crippen molar-refractivity contribution in [3.8, 4) is 0 Å². The number of aromatic nitrogens is 2. The van der Waals surface area contributed by atoms with Gasteiger partial charge in [-0.3, -0.25) is 9.89 Å². The predicted molar refractivity (Wildman–Crippen MR) is 58.2 cm³/mol. The van der Waals surface area contributed by atoms with Crippen LogP contribution in [0.3, 0.4) is 0 Å². The van der Waals surface area contributed by atoms with Gasteiger partial charge in [0.2, 0.25) is 10.0 Å². The Bertz CT molecular complexity index is 466. The number of nitrogens with zero attached hydrogens (tertiary/aromatic N) is 1. The molecule has 1 rings (SSSR count). The zero-order chi connectivity index (χ0) is 12.2. The summed E-state index contributed by atoms with van der Waals surface area (Å²) in [5.74, 6) is -0.428. The second-order valence-electron chi connectivity index (χ2n) is 2.99. The van der Waals surface area contributed by atoms with E-state index in [0.717, 1.165) is 0 Å². The number of H-pyrrole nitrogens is 1. The molecule has 0 aliphatic rings. The Kier molecular flexibility index (Phi) is 3.85. The first-order valence-corrected chi connectivity index (χ1v) is 6.10. The van der Waals surface area contributed by atoms with Gasteiger partial charge in [0, 0.05) is 12.6 Å². The van der Waals surface area contributed by atoms with E-state index in [1.807, 2.05) is 0 Å². The summed E-state index contributed by atoms with van der Waals surface area (Å²) in [5, 5.41) is 8.40. The van der Waals surface area contributed by atoms with Crippen LogP contribution in [0.4, 0.5) is 5.82 Å². The van der Waals surface area contributed by atoms with E-state index < -0.39 is 15.9 Å². The molecule has 5 N–H and O–H groups in total. The van der Waals surface area contributed by atoms with Gasteiger partial charge in [0.05, 0.1) is 5.75 Å². The number of nitrogens with one attached hydrogen (secondary N) is 3. The molecule has 8 nitrogen and oxygen atoms in total. The number of hydrogen-bond donors (Lipinski definition) is 4. The van der Waals surface area contributed by atoms with Crippen molar-refractivity contribution in [2.45, 2.75) is 0 Å². The van der Waals surface area contributed by atoms with E-state index in [2.05, 4.69) is 20.2 Å². The Balaban J connectivity index is 2.43. The number of nitrogen functional groups attached to an aromatic ring is 1. The van der Waals surface area contributed by atoms with Crippen LogP contribution < -0.4 is 15.8 Å². The molecule has 0 bridgehead atoms. The fourth-order valence-electron chi connectivity index (χ4n) is 0.950. The van der Waals surface area contributed by atoms with Gasteiger partial charge in [-0.25, -0.2) is 13.1 Å². The number of anilines is 1. The second-order valence-corrected chi connectivity index (χ2v) is 5.03. The number of nitrogens with two attached hydrogens (primary N) is 1. The number of sulfonamides is 1. The van der Waals surface area contributed by atoms with E-state index in [0.29, 0.717) is 0 Å². The van der Waals surface area contributed by atoms with Crippen molar-refractivity contribution >= 4 is 21.7 Å². The maximum absolute atomic E-state index is 11.4. The molecule has 1 amide bonds. The van der Waals surface area contributed by atoms with Gasteiger partial charge in [0.15, 0.2) is 0 Å². The van der Waals surface area contributed by atoms with Gasteiger partial charge in [-0.15, -0.1) is 0 Å². The van der Waals surface area contributed by atoms with E-state index in [9.17, 15) is 13.2 Å². The topological polar surface area (TPSA) is 130 Å². The Morgan fingerprint density at radius 2 is 2.31 bits per heavy atom. The molecule has 0 aliphatic carbocycles. The zero-order valence-electron chi connectivity index (χ0n) is 8.65. The van der Waals surface area contributed by atoms with E-state index in [-0.39, 0.29) is 23.8 Å². The summed E-state index contributed by atoms with van der Waals surface area (Å²) < 4.78 is 24.2. The normalized spacial score (nSPS) is 11.3. The maximum Gasteiger partial charge on any atom is 0.269 e. The summed E-state index contributed by atoms with van der Waals surface area (Å²) in [6, 6.07) is 1.36. The first kappa shape index (κ1) is 12.5. The second kappa shape index (κ2) is 4.94. The van der Waals surface area contributed by atoms with Crippen molar-refractivity contribution in [1.82, 2.24) is 20.2 Å². The Labute approximate surface area is 92.7 Å². The van der Waals surface area contributed by atoms with Crippen LogP contribution in [0, 0.1) is 0 Å². The molecule has 0 saturated carbocycles. The monoisotopic (exact) mass is 247 g/mol. The van der Waals surface area contributed by atoms with Crippen LogP contribution in [0.1, 0.15) is 10.5 Å². The van der Waals surface area contributed by atoms with E-state index in [1.54, 1.807) is 0 Å². The minimum absolute atomic E-state index is 0.0148. The van der Waals surface area contributed by atoms with Gasteiger partial charge in [-0.1, -0.05) is 0 Å². The van der Waals surface area contributed by atoms with Gasteiger partial charge in [-0.05, 0) is 7.05 Å². The Morgan fingerprint density at radius 3 is 2.81 bits per heavy atom. The van der Waals surface area contributed by atoms with Crippen LogP contribution in [0.2, 0.25) is 0 Å². The zero-order valence-corrected chi connectivity index (χ0v) is 9.47. The number of hydrogen-bond acceptors (Lipinski definition) is 5. The predicted octanol–water partition coefficient (Wildman–Crippen LogP) is -1.73. The molecule has 0 unspecified atom stereocenters. The lowest BCUT2D eigenvalue weighted by molar-refractivity contribution is 0.0951. The number of rotatable bonds is 5. The lowest BCUT2D eigenvalue weighted by Crippen LogP contribution is -2.33. The molecule has 0 spiro atoms. The highest BCUT2D eigenvalue weighted by atomic mass is 32.2. The Morgan fingerprint density at radius 1 is 1.62 bits per heavy atom. The third kappa shape index (κ3) is 3.51. The summed E-state index contributed by atoms with van der Waals surface area (Å²) in [5.41, 5.74) is 5.50. The van der Waals surface area contributed by atoms with Crippen molar-refractivity contribution in [3.63, 3.8) is 0 Å². The van der Waals surface area contributed by atoms with E-state index in [1.165, 1.54) is 13.1 Å². The fraction of sp³-hybridized carbons (Fsp3) is 0.429. The molecule has 0 fully saturated rings. The average molecular weight is 247 g/mol. The highest BCUT2D eigenvalue weighted by molar-refractivity contribution is 7.89. The maximum atomic E-state index is 11.4. The molecule has 9 heteroatoms. The largest absolute Gasteiger partial charge is 0.382 e.